The molecule has 2 aromatic carbocycles. The Bertz CT molecular complexity index is 523. The third-order valence-electron chi connectivity index (χ3n) is 4.43. The van der Waals surface area contributed by atoms with Crippen molar-refractivity contribution in [2.24, 2.45) is 5.92 Å². The van der Waals surface area contributed by atoms with Crippen molar-refractivity contribution in [3.63, 3.8) is 0 Å². The highest BCUT2D eigenvalue weighted by Gasteiger charge is 2.19. The van der Waals surface area contributed by atoms with Crippen LogP contribution in [-0.2, 0) is 0 Å². The van der Waals surface area contributed by atoms with Crippen molar-refractivity contribution in [1.82, 2.24) is 0 Å². The zero-order chi connectivity index (χ0) is 13.8. The number of hydrogen-bond acceptors (Lipinski definition) is 1. The van der Waals surface area contributed by atoms with Crippen LogP contribution in [0.5, 0.6) is 0 Å². The van der Waals surface area contributed by atoms with Crippen LogP contribution in [-0.4, -0.2) is 5.11 Å². The van der Waals surface area contributed by atoms with E-state index in [-0.39, 0.29) is 6.10 Å². The maximum absolute atomic E-state index is 10.3. The van der Waals surface area contributed by atoms with Crippen molar-refractivity contribution in [1.29, 1.82) is 0 Å². The van der Waals surface area contributed by atoms with Gasteiger partial charge in [0.15, 0.2) is 0 Å². The van der Waals surface area contributed by atoms with E-state index >= 15 is 0 Å². The summed E-state index contributed by atoms with van der Waals surface area (Å²) < 4.78 is 0. The SMILES string of the molecule is OC(CC1CCCC1)c1ccc(-c2ccccc2)cc1. The van der Waals surface area contributed by atoms with E-state index in [0.29, 0.717) is 0 Å². The third kappa shape index (κ3) is 3.10. The van der Waals surface area contributed by atoms with E-state index in [4.69, 9.17) is 0 Å². The molecule has 0 heterocycles. The number of benzene rings is 2. The highest BCUT2D eigenvalue weighted by Crippen LogP contribution is 2.33. The molecule has 1 aliphatic carbocycles. The first-order valence-corrected chi connectivity index (χ1v) is 7.66. The first-order chi connectivity index (χ1) is 9.83. The van der Waals surface area contributed by atoms with Gasteiger partial charge in [-0.05, 0) is 29.0 Å². The van der Waals surface area contributed by atoms with E-state index < -0.39 is 0 Å². The Kier molecular flexibility index (Phi) is 4.17. The molecule has 104 valence electrons. The Morgan fingerprint density at radius 2 is 1.45 bits per heavy atom. The van der Waals surface area contributed by atoms with Crippen molar-refractivity contribution >= 4 is 0 Å². The van der Waals surface area contributed by atoms with Gasteiger partial charge in [0.2, 0.25) is 0 Å². The predicted octanol–water partition coefficient (Wildman–Crippen LogP) is 4.97. The van der Waals surface area contributed by atoms with Crippen LogP contribution < -0.4 is 0 Å². The molecule has 1 atom stereocenters. The Labute approximate surface area is 121 Å². The van der Waals surface area contributed by atoms with Crippen LogP contribution in [0.25, 0.3) is 11.1 Å². The Morgan fingerprint density at radius 1 is 0.850 bits per heavy atom. The molecule has 1 N–H and O–H groups in total. The van der Waals surface area contributed by atoms with E-state index in [2.05, 4.69) is 48.5 Å². The molecule has 1 nitrogen and oxygen atoms in total. The molecule has 0 aromatic heterocycles. The maximum atomic E-state index is 10.3. The molecule has 3 rings (SSSR count). The van der Waals surface area contributed by atoms with Crippen molar-refractivity contribution in [3.8, 4) is 11.1 Å². The molecule has 1 unspecified atom stereocenters. The summed E-state index contributed by atoms with van der Waals surface area (Å²) in [5, 5.41) is 10.3. The molecule has 0 saturated heterocycles. The second-order valence-corrected chi connectivity index (χ2v) is 5.89. The van der Waals surface area contributed by atoms with E-state index in [1.54, 1.807) is 0 Å². The van der Waals surface area contributed by atoms with E-state index in [0.717, 1.165) is 17.9 Å². The molecule has 1 aliphatic rings. The Morgan fingerprint density at radius 3 is 2.10 bits per heavy atom. The van der Waals surface area contributed by atoms with Crippen LogP contribution in [0.15, 0.2) is 54.6 Å². The van der Waals surface area contributed by atoms with Crippen molar-refractivity contribution in [2.45, 2.75) is 38.2 Å². The summed E-state index contributed by atoms with van der Waals surface area (Å²) in [6.07, 6.45) is 5.88. The molecular formula is C19H22O. The van der Waals surface area contributed by atoms with Gasteiger partial charge in [-0.1, -0.05) is 80.3 Å². The van der Waals surface area contributed by atoms with Gasteiger partial charge in [-0.25, -0.2) is 0 Å². The first-order valence-electron chi connectivity index (χ1n) is 7.66. The summed E-state index contributed by atoms with van der Waals surface area (Å²) in [6, 6.07) is 18.7. The lowest BCUT2D eigenvalue weighted by molar-refractivity contribution is 0.145. The van der Waals surface area contributed by atoms with E-state index in [1.165, 1.54) is 36.8 Å². The smallest absolute Gasteiger partial charge is 0.0792 e. The normalized spacial score (nSPS) is 17.2. The molecular weight excluding hydrogens is 244 g/mol. The Hall–Kier alpha value is -1.60. The fourth-order valence-corrected chi connectivity index (χ4v) is 3.23. The molecule has 1 heteroatoms. The highest BCUT2D eigenvalue weighted by molar-refractivity contribution is 5.63. The molecule has 0 bridgehead atoms. The fraction of sp³-hybridized carbons (Fsp3) is 0.368. The first kappa shape index (κ1) is 13.4. The van der Waals surface area contributed by atoms with Gasteiger partial charge in [-0.15, -0.1) is 0 Å². The average molecular weight is 266 g/mol. The van der Waals surface area contributed by atoms with Crippen molar-refractivity contribution in [3.05, 3.63) is 60.2 Å². The molecule has 2 aromatic rings. The molecule has 0 spiro atoms. The van der Waals surface area contributed by atoms with Crippen LogP contribution in [0, 0.1) is 5.92 Å². The van der Waals surface area contributed by atoms with E-state index in [9.17, 15) is 5.11 Å². The quantitative estimate of drug-likeness (QED) is 0.828. The molecule has 0 aliphatic heterocycles. The fourth-order valence-electron chi connectivity index (χ4n) is 3.23. The number of hydrogen-bond donors (Lipinski definition) is 1. The average Bonchev–Trinajstić information content (AvgIpc) is 3.01. The molecule has 1 saturated carbocycles. The minimum atomic E-state index is -0.303. The highest BCUT2D eigenvalue weighted by atomic mass is 16.3. The maximum Gasteiger partial charge on any atom is 0.0792 e. The lowest BCUT2D eigenvalue weighted by Gasteiger charge is -2.16. The van der Waals surface area contributed by atoms with Gasteiger partial charge in [0.05, 0.1) is 6.10 Å². The standard InChI is InChI=1S/C19H22O/c20-19(14-15-6-4-5-7-15)18-12-10-17(11-13-18)16-8-2-1-3-9-16/h1-3,8-13,15,19-20H,4-7,14H2. The largest absolute Gasteiger partial charge is 0.388 e. The summed E-state index contributed by atoms with van der Waals surface area (Å²) >= 11 is 0. The third-order valence-corrected chi connectivity index (χ3v) is 4.43. The number of rotatable bonds is 4. The van der Waals surface area contributed by atoms with Gasteiger partial charge in [0.1, 0.15) is 0 Å². The summed E-state index contributed by atoms with van der Waals surface area (Å²) in [4.78, 5) is 0. The minimum absolute atomic E-state index is 0.303. The summed E-state index contributed by atoms with van der Waals surface area (Å²) in [5.41, 5.74) is 3.49. The van der Waals surface area contributed by atoms with Gasteiger partial charge in [0.25, 0.3) is 0 Å². The molecule has 20 heavy (non-hydrogen) atoms. The van der Waals surface area contributed by atoms with Gasteiger partial charge < -0.3 is 5.11 Å². The zero-order valence-electron chi connectivity index (χ0n) is 11.8. The molecule has 1 fully saturated rings. The van der Waals surface area contributed by atoms with E-state index in [1.807, 2.05) is 6.07 Å². The lowest BCUT2D eigenvalue weighted by atomic mass is 9.94. The van der Waals surface area contributed by atoms with Gasteiger partial charge in [0, 0.05) is 0 Å². The van der Waals surface area contributed by atoms with Crippen molar-refractivity contribution < 1.29 is 5.11 Å². The summed E-state index contributed by atoms with van der Waals surface area (Å²) in [7, 11) is 0. The minimum Gasteiger partial charge on any atom is -0.388 e. The number of aliphatic hydroxyl groups is 1. The molecule has 0 amide bonds. The topological polar surface area (TPSA) is 20.2 Å². The summed E-state index contributed by atoms with van der Waals surface area (Å²) in [6.45, 7) is 0. The van der Waals surface area contributed by atoms with Crippen LogP contribution in [0.4, 0.5) is 0 Å². The zero-order valence-corrected chi connectivity index (χ0v) is 11.8. The van der Waals surface area contributed by atoms with Gasteiger partial charge >= 0.3 is 0 Å². The van der Waals surface area contributed by atoms with Crippen LogP contribution in [0.2, 0.25) is 0 Å². The van der Waals surface area contributed by atoms with Gasteiger partial charge in [-0.2, -0.15) is 0 Å². The second-order valence-electron chi connectivity index (χ2n) is 5.89. The van der Waals surface area contributed by atoms with Crippen LogP contribution in [0.1, 0.15) is 43.8 Å². The molecule has 0 radical (unpaired) electrons. The van der Waals surface area contributed by atoms with Gasteiger partial charge in [-0.3, -0.25) is 0 Å². The Balaban J connectivity index is 1.69. The van der Waals surface area contributed by atoms with Crippen LogP contribution in [0.3, 0.4) is 0 Å². The second kappa shape index (κ2) is 6.23. The predicted molar refractivity (Wildman–Crippen MR) is 83.4 cm³/mol. The van der Waals surface area contributed by atoms with Crippen molar-refractivity contribution in [2.75, 3.05) is 0 Å². The summed E-state index contributed by atoms with van der Waals surface area (Å²) in [5.74, 6) is 0.721. The number of aliphatic hydroxyl groups excluding tert-OH is 1. The lowest BCUT2D eigenvalue weighted by Crippen LogP contribution is -2.04. The monoisotopic (exact) mass is 266 g/mol. The van der Waals surface area contributed by atoms with Crippen LogP contribution >= 0.6 is 0 Å².